The molecule has 4 rings (SSSR count). The molecule has 2 aliphatic rings. The van der Waals surface area contributed by atoms with Crippen molar-refractivity contribution < 1.29 is 19.0 Å². The van der Waals surface area contributed by atoms with Crippen LogP contribution in [0.2, 0.25) is 0 Å². The Bertz CT molecular complexity index is 881. The first-order chi connectivity index (χ1) is 13.8. The fraction of sp³-hybridized carbons (Fsp3) is 0.565. The molecule has 29 heavy (non-hydrogen) atoms. The van der Waals surface area contributed by atoms with Gasteiger partial charge in [0.25, 0.3) is 0 Å². The molecule has 0 bridgehead atoms. The monoisotopic (exact) mass is 400 g/mol. The minimum absolute atomic E-state index is 0.0355. The summed E-state index contributed by atoms with van der Waals surface area (Å²) in [5.74, 6) is 0.614. The molecule has 1 amide bonds. The van der Waals surface area contributed by atoms with Crippen LogP contribution in [0, 0.1) is 17.7 Å². The van der Waals surface area contributed by atoms with Crippen LogP contribution in [0.25, 0.3) is 10.9 Å². The van der Waals surface area contributed by atoms with Crippen molar-refractivity contribution in [2.45, 2.75) is 70.1 Å². The van der Waals surface area contributed by atoms with Crippen LogP contribution >= 0.6 is 0 Å². The van der Waals surface area contributed by atoms with E-state index in [0.717, 1.165) is 25.7 Å². The fourth-order valence-electron chi connectivity index (χ4n) is 4.53. The van der Waals surface area contributed by atoms with E-state index in [1.807, 2.05) is 13.8 Å². The normalized spacial score (nSPS) is 27.3. The molecule has 0 aliphatic heterocycles. The number of nitrogens with one attached hydrogen (secondary N) is 1. The van der Waals surface area contributed by atoms with E-state index in [-0.39, 0.29) is 29.8 Å². The third-order valence-electron chi connectivity index (χ3n) is 6.51. The number of benzene rings is 1. The molecule has 0 atom stereocenters. The lowest BCUT2D eigenvalue weighted by atomic mass is 9.76. The second-order valence-corrected chi connectivity index (χ2v) is 9.06. The number of hydrogen-bond donors (Lipinski definition) is 2. The largest absolute Gasteiger partial charge is 0.488 e. The number of fused-ring (bicyclic) bond motifs is 1. The van der Waals surface area contributed by atoms with Crippen LogP contribution in [0.15, 0.2) is 30.5 Å². The van der Waals surface area contributed by atoms with Gasteiger partial charge in [-0.3, -0.25) is 9.78 Å². The molecule has 1 aromatic carbocycles. The average molecular weight is 400 g/mol. The Morgan fingerprint density at radius 1 is 1.21 bits per heavy atom. The molecule has 0 unspecified atom stereocenters. The summed E-state index contributed by atoms with van der Waals surface area (Å²) in [6.07, 6.45) is 6.61. The number of halogens is 1. The van der Waals surface area contributed by atoms with E-state index >= 15 is 0 Å². The predicted octanol–water partition coefficient (Wildman–Crippen LogP) is 3.98. The van der Waals surface area contributed by atoms with E-state index in [4.69, 9.17) is 4.74 Å². The van der Waals surface area contributed by atoms with Crippen molar-refractivity contribution in [1.82, 2.24) is 10.3 Å². The topological polar surface area (TPSA) is 71.5 Å². The smallest absolute Gasteiger partial charge is 0.223 e. The van der Waals surface area contributed by atoms with Gasteiger partial charge in [-0.15, -0.1) is 0 Å². The maximum absolute atomic E-state index is 13.9. The number of rotatable bonds is 5. The van der Waals surface area contributed by atoms with Gasteiger partial charge in [0.1, 0.15) is 23.2 Å². The summed E-state index contributed by atoms with van der Waals surface area (Å²) in [4.78, 5) is 16.8. The van der Waals surface area contributed by atoms with E-state index in [9.17, 15) is 14.3 Å². The second-order valence-electron chi connectivity index (χ2n) is 9.06. The first-order valence-electron chi connectivity index (χ1n) is 10.5. The summed E-state index contributed by atoms with van der Waals surface area (Å²) in [6, 6.07) is 6.60. The molecule has 2 aliphatic carbocycles. The minimum atomic E-state index is -0.646. The number of carbonyl (C=O) groups excluding carboxylic acids is 1. The number of carbonyl (C=O) groups is 1. The highest BCUT2D eigenvalue weighted by Gasteiger charge is 2.38. The van der Waals surface area contributed by atoms with E-state index in [2.05, 4.69) is 10.3 Å². The molecule has 2 saturated carbocycles. The highest BCUT2D eigenvalue weighted by Crippen LogP contribution is 2.36. The first-order valence-corrected chi connectivity index (χ1v) is 10.5. The van der Waals surface area contributed by atoms with Gasteiger partial charge in [0.05, 0.1) is 5.60 Å². The number of aromatic nitrogens is 1. The van der Waals surface area contributed by atoms with Crippen molar-refractivity contribution in [3.8, 4) is 5.75 Å². The van der Waals surface area contributed by atoms with Crippen LogP contribution in [0.3, 0.4) is 0 Å². The molecule has 0 radical (unpaired) electrons. The highest BCUT2D eigenvalue weighted by molar-refractivity contribution is 5.85. The minimum Gasteiger partial charge on any atom is -0.488 e. The number of pyridine rings is 1. The molecule has 5 nitrogen and oxygen atoms in total. The van der Waals surface area contributed by atoms with Gasteiger partial charge in [-0.1, -0.05) is 0 Å². The number of ether oxygens (including phenoxy) is 1. The van der Waals surface area contributed by atoms with Gasteiger partial charge in [0, 0.05) is 23.5 Å². The Hall–Kier alpha value is -2.21. The molecule has 156 valence electrons. The van der Waals surface area contributed by atoms with Crippen molar-refractivity contribution in [2.24, 2.45) is 11.8 Å². The van der Waals surface area contributed by atoms with Crippen molar-refractivity contribution >= 4 is 16.8 Å². The molecular formula is C23H29FN2O3. The van der Waals surface area contributed by atoms with Crippen LogP contribution in [-0.2, 0) is 4.79 Å². The van der Waals surface area contributed by atoms with E-state index in [1.54, 1.807) is 24.4 Å². The van der Waals surface area contributed by atoms with Gasteiger partial charge in [-0.05, 0) is 82.6 Å². The molecule has 6 heteroatoms. The second kappa shape index (κ2) is 7.90. The molecule has 0 spiro atoms. The van der Waals surface area contributed by atoms with Crippen molar-refractivity contribution in [3.05, 3.63) is 36.3 Å². The van der Waals surface area contributed by atoms with Gasteiger partial charge >= 0.3 is 0 Å². The zero-order valence-electron chi connectivity index (χ0n) is 17.0. The molecule has 2 aromatic rings. The van der Waals surface area contributed by atoms with Crippen molar-refractivity contribution in [3.63, 3.8) is 0 Å². The summed E-state index contributed by atoms with van der Waals surface area (Å²) in [5.41, 5.74) is -0.128. The summed E-state index contributed by atoms with van der Waals surface area (Å²) in [6.45, 7) is 3.73. The number of hydrogen-bond acceptors (Lipinski definition) is 4. The SMILES string of the molecule is CC(C)(O)C1CCC(NC(=O)C2CC(Oc3ccc(F)c4cccnc34)C2)CC1. The van der Waals surface area contributed by atoms with E-state index in [1.165, 1.54) is 6.07 Å². The zero-order chi connectivity index (χ0) is 20.6. The lowest BCUT2D eigenvalue weighted by molar-refractivity contribution is -0.131. The van der Waals surface area contributed by atoms with E-state index < -0.39 is 5.60 Å². The molecule has 0 saturated heterocycles. The Morgan fingerprint density at radius 2 is 1.93 bits per heavy atom. The fourth-order valence-corrected chi connectivity index (χ4v) is 4.53. The standard InChI is InChI=1S/C23H29FN2O3/c1-23(2,28)15-5-7-16(8-6-15)26-22(27)14-12-17(13-14)29-20-10-9-19(24)18-4-3-11-25-21(18)20/h3-4,9-11,14-17,28H,5-8,12-13H2,1-2H3,(H,26,27). The maximum Gasteiger partial charge on any atom is 0.223 e. The highest BCUT2D eigenvalue weighted by atomic mass is 19.1. The van der Waals surface area contributed by atoms with Crippen LogP contribution < -0.4 is 10.1 Å². The summed E-state index contributed by atoms with van der Waals surface area (Å²) >= 11 is 0. The molecular weight excluding hydrogens is 371 g/mol. The van der Waals surface area contributed by atoms with Crippen LogP contribution in [0.1, 0.15) is 52.4 Å². The van der Waals surface area contributed by atoms with Crippen LogP contribution in [-0.4, -0.2) is 33.7 Å². The van der Waals surface area contributed by atoms with Gasteiger partial charge in [0.2, 0.25) is 5.91 Å². The average Bonchev–Trinajstić information content (AvgIpc) is 2.65. The predicted molar refractivity (Wildman–Crippen MR) is 109 cm³/mol. The van der Waals surface area contributed by atoms with Crippen LogP contribution in [0.5, 0.6) is 5.75 Å². The third-order valence-corrected chi connectivity index (χ3v) is 6.51. The van der Waals surface area contributed by atoms with Crippen molar-refractivity contribution in [1.29, 1.82) is 0 Å². The molecule has 1 heterocycles. The zero-order valence-corrected chi connectivity index (χ0v) is 17.0. The van der Waals surface area contributed by atoms with Gasteiger partial charge in [0.15, 0.2) is 0 Å². The number of amides is 1. The summed E-state index contributed by atoms with van der Waals surface area (Å²) < 4.78 is 19.9. The Morgan fingerprint density at radius 3 is 2.62 bits per heavy atom. The van der Waals surface area contributed by atoms with Crippen LogP contribution in [0.4, 0.5) is 4.39 Å². The quantitative estimate of drug-likeness (QED) is 0.796. The van der Waals surface area contributed by atoms with Gasteiger partial charge < -0.3 is 15.2 Å². The maximum atomic E-state index is 13.9. The Labute approximate surface area is 170 Å². The van der Waals surface area contributed by atoms with E-state index in [0.29, 0.717) is 35.4 Å². The summed E-state index contributed by atoms with van der Waals surface area (Å²) in [5, 5.41) is 13.8. The van der Waals surface area contributed by atoms with Gasteiger partial charge in [-0.2, -0.15) is 0 Å². The Balaban J connectivity index is 1.27. The lowest BCUT2D eigenvalue weighted by Gasteiger charge is -2.38. The summed E-state index contributed by atoms with van der Waals surface area (Å²) in [7, 11) is 0. The number of nitrogens with zero attached hydrogens (tertiary/aromatic N) is 1. The third kappa shape index (κ3) is 4.37. The lowest BCUT2D eigenvalue weighted by Crippen LogP contribution is -2.48. The molecule has 2 fully saturated rings. The first kappa shape index (κ1) is 20.1. The molecule has 1 aromatic heterocycles. The van der Waals surface area contributed by atoms with Crippen molar-refractivity contribution in [2.75, 3.05) is 0 Å². The number of aliphatic hydroxyl groups is 1. The van der Waals surface area contributed by atoms with Gasteiger partial charge in [-0.25, -0.2) is 4.39 Å². The molecule has 2 N–H and O–H groups in total. The Kier molecular flexibility index (Phi) is 5.47.